The van der Waals surface area contributed by atoms with Gasteiger partial charge in [-0.05, 0) is 32.2 Å². The van der Waals surface area contributed by atoms with E-state index in [-0.39, 0.29) is 24.2 Å². The summed E-state index contributed by atoms with van der Waals surface area (Å²) in [4.78, 5) is 14.4. The number of nitrogens with one attached hydrogen (secondary N) is 1. The van der Waals surface area contributed by atoms with E-state index in [1.807, 2.05) is 7.05 Å². The zero-order valence-electron chi connectivity index (χ0n) is 12.9. The van der Waals surface area contributed by atoms with E-state index in [2.05, 4.69) is 24.1 Å². The van der Waals surface area contributed by atoms with Gasteiger partial charge >= 0.3 is 0 Å². The maximum Gasteiger partial charge on any atom is 0.250 e. The first kappa shape index (κ1) is 15.7. The molecule has 0 bridgehead atoms. The normalized spacial score (nSPS) is 32.3. The number of carbonyl (C=O) groups excluding carboxylic acids is 1. The SMILES string of the molecule is CC(C)C[C@@H]1C[C@@H](NC(=O)[C@H]2CN(C)CCO2)CCO1. The van der Waals surface area contributed by atoms with Crippen LogP contribution in [-0.4, -0.2) is 62.4 Å². The van der Waals surface area contributed by atoms with Gasteiger partial charge in [-0.2, -0.15) is 0 Å². The molecule has 0 saturated carbocycles. The van der Waals surface area contributed by atoms with Gasteiger partial charge in [-0.1, -0.05) is 13.8 Å². The van der Waals surface area contributed by atoms with Crippen molar-refractivity contribution in [3.05, 3.63) is 0 Å². The van der Waals surface area contributed by atoms with Crippen LogP contribution in [0.1, 0.15) is 33.1 Å². The number of nitrogens with zero attached hydrogens (tertiary/aromatic N) is 1. The Morgan fingerprint density at radius 1 is 1.35 bits per heavy atom. The number of hydrogen-bond acceptors (Lipinski definition) is 4. The fraction of sp³-hybridized carbons (Fsp3) is 0.933. The summed E-state index contributed by atoms with van der Waals surface area (Å²) in [5, 5.41) is 3.14. The van der Waals surface area contributed by atoms with Crippen molar-refractivity contribution in [2.45, 2.75) is 51.4 Å². The van der Waals surface area contributed by atoms with Crippen LogP contribution >= 0.6 is 0 Å². The Kier molecular flexibility index (Phi) is 5.81. The molecule has 116 valence electrons. The van der Waals surface area contributed by atoms with Crippen molar-refractivity contribution in [2.24, 2.45) is 5.92 Å². The van der Waals surface area contributed by atoms with Gasteiger partial charge in [0.15, 0.2) is 0 Å². The van der Waals surface area contributed by atoms with Crippen molar-refractivity contribution >= 4 is 5.91 Å². The van der Waals surface area contributed by atoms with Crippen LogP contribution in [0.3, 0.4) is 0 Å². The first-order valence-corrected chi connectivity index (χ1v) is 7.76. The molecule has 1 amide bonds. The van der Waals surface area contributed by atoms with Crippen LogP contribution in [0, 0.1) is 5.92 Å². The Morgan fingerprint density at radius 2 is 2.15 bits per heavy atom. The molecular weight excluding hydrogens is 256 g/mol. The number of amides is 1. The maximum absolute atomic E-state index is 12.2. The summed E-state index contributed by atoms with van der Waals surface area (Å²) in [6.07, 6.45) is 2.86. The predicted octanol–water partition coefficient (Wildman–Crippen LogP) is 1.03. The van der Waals surface area contributed by atoms with Crippen molar-refractivity contribution in [3.8, 4) is 0 Å². The molecule has 0 aliphatic carbocycles. The highest BCUT2D eigenvalue weighted by Gasteiger charge is 2.29. The molecule has 2 heterocycles. The van der Waals surface area contributed by atoms with Crippen molar-refractivity contribution < 1.29 is 14.3 Å². The van der Waals surface area contributed by atoms with Crippen LogP contribution in [0.2, 0.25) is 0 Å². The van der Waals surface area contributed by atoms with Crippen LogP contribution in [0.15, 0.2) is 0 Å². The Labute approximate surface area is 122 Å². The molecule has 0 radical (unpaired) electrons. The molecule has 2 rings (SSSR count). The van der Waals surface area contributed by atoms with Gasteiger partial charge in [-0.3, -0.25) is 4.79 Å². The molecule has 1 N–H and O–H groups in total. The minimum absolute atomic E-state index is 0.0340. The van der Waals surface area contributed by atoms with E-state index in [9.17, 15) is 4.79 Å². The van der Waals surface area contributed by atoms with Gasteiger partial charge < -0.3 is 19.7 Å². The molecule has 5 nitrogen and oxygen atoms in total. The molecule has 3 atom stereocenters. The van der Waals surface area contributed by atoms with Crippen molar-refractivity contribution in [1.82, 2.24) is 10.2 Å². The largest absolute Gasteiger partial charge is 0.378 e. The lowest BCUT2D eigenvalue weighted by Gasteiger charge is -2.34. The number of likely N-dealkylation sites (N-methyl/N-ethyl adjacent to an activating group) is 1. The second kappa shape index (κ2) is 7.38. The molecule has 2 fully saturated rings. The van der Waals surface area contributed by atoms with Crippen molar-refractivity contribution in [3.63, 3.8) is 0 Å². The van der Waals surface area contributed by atoms with Crippen LogP contribution in [0.5, 0.6) is 0 Å². The highest BCUT2D eigenvalue weighted by atomic mass is 16.5. The second-order valence-electron chi connectivity index (χ2n) is 6.47. The molecule has 2 aliphatic heterocycles. The van der Waals surface area contributed by atoms with E-state index in [0.717, 1.165) is 32.4 Å². The lowest BCUT2D eigenvalue weighted by Crippen LogP contribution is -2.52. The predicted molar refractivity (Wildman–Crippen MR) is 77.6 cm³/mol. The Balaban J connectivity index is 1.78. The van der Waals surface area contributed by atoms with Crippen molar-refractivity contribution in [2.75, 3.05) is 33.4 Å². The van der Waals surface area contributed by atoms with E-state index in [4.69, 9.17) is 9.47 Å². The third-order valence-corrected chi connectivity index (χ3v) is 4.01. The van der Waals surface area contributed by atoms with Crippen LogP contribution < -0.4 is 5.32 Å². The monoisotopic (exact) mass is 284 g/mol. The van der Waals surface area contributed by atoms with Gasteiger partial charge in [0.2, 0.25) is 0 Å². The van der Waals surface area contributed by atoms with Crippen LogP contribution in [0.4, 0.5) is 0 Å². The molecular formula is C15H28N2O3. The van der Waals surface area contributed by atoms with Crippen LogP contribution in [0.25, 0.3) is 0 Å². The van der Waals surface area contributed by atoms with E-state index in [1.54, 1.807) is 0 Å². The molecule has 5 heteroatoms. The quantitative estimate of drug-likeness (QED) is 0.837. The summed E-state index contributed by atoms with van der Waals surface area (Å²) < 4.78 is 11.3. The Morgan fingerprint density at radius 3 is 2.85 bits per heavy atom. The first-order valence-electron chi connectivity index (χ1n) is 7.76. The standard InChI is InChI=1S/C15H28N2O3/c1-11(2)8-13-9-12(4-6-19-13)16-15(18)14-10-17(3)5-7-20-14/h11-14H,4-10H2,1-3H3,(H,16,18)/t12-,13+,14+/m0/s1. The number of morpholine rings is 1. The Hall–Kier alpha value is -0.650. The molecule has 0 spiro atoms. The van der Waals surface area contributed by atoms with Crippen LogP contribution in [-0.2, 0) is 14.3 Å². The molecule has 0 unspecified atom stereocenters. The molecule has 0 aromatic carbocycles. The second-order valence-corrected chi connectivity index (χ2v) is 6.47. The fourth-order valence-corrected chi connectivity index (χ4v) is 2.93. The molecule has 2 saturated heterocycles. The van der Waals surface area contributed by atoms with Gasteiger partial charge in [-0.15, -0.1) is 0 Å². The van der Waals surface area contributed by atoms with E-state index < -0.39 is 0 Å². The highest BCUT2D eigenvalue weighted by molar-refractivity contribution is 5.81. The average molecular weight is 284 g/mol. The lowest BCUT2D eigenvalue weighted by atomic mass is 9.96. The number of ether oxygens (including phenoxy) is 2. The summed E-state index contributed by atoms with van der Waals surface area (Å²) in [5.41, 5.74) is 0. The Bertz CT molecular complexity index is 322. The topological polar surface area (TPSA) is 50.8 Å². The zero-order chi connectivity index (χ0) is 14.5. The molecule has 0 aromatic rings. The number of hydrogen-bond donors (Lipinski definition) is 1. The minimum atomic E-state index is -0.319. The molecule has 0 aromatic heterocycles. The average Bonchev–Trinajstić information content (AvgIpc) is 2.38. The van der Waals surface area contributed by atoms with E-state index >= 15 is 0 Å². The summed E-state index contributed by atoms with van der Waals surface area (Å²) in [6.45, 7) is 7.38. The molecule has 20 heavy (non-hydrogen) atoms. The van der Waals surface area contributed by atoms with Gasteiger partial charge in [0.25, 0.3) is 5.91 Å². The van der Waals surface area contributed by atoms with Gasteiger partial charge in [0.1, 0.15) is 6.10 Å². The summed E-state index contributed by atoms with van der Waals surface area (Å²) in [6, 6.07) is 0.232. The first-order chi connectivity index (χ1) is 9.54. The van der Waals surface area contributed by atoms with Gasteiger partial charge in [-0.25, -0.2) is 0 Å². The third-order valence-electron chi connectivity index (χ3n) is 4.01. The fourth-order valence-electron chi connectivity index (χ4n) is 2.93. The third kappa shape index (κ3) is 4.72. The lowest BCUT2D eigenvalue weighted by molar-refractivity contribution is -0.139. The summed E-state index contributed by atoms with van der Waals surface area (Å²) >= 11 is 0. The van der Waals surface area contributed by atoms with Gasteiger partial charge in [0.05, 0.1) is 12.7 Å². The summed E-state index contributed by atoms with van der Waals surface area (Å²) in [5.74, 6) is 0.663. The summed E-state index contributed by atoms with van der Waals surface area (Å²) in [7, 11) is 2.02. The highest BCUT2D eigenvalue weighted by Crippen LogP contribution is 2.20. The molecule has 2 aliphatic rings. The van der Waals surface area contributed by atoms with E-state index in [1.165, 1.54) is 0 Å². The van der Waals surface area contributed by atoms with E-state index in [0.29, 0.717) is 19.1 Å². The minimum Gasteiger partial charge on any atom is -0.378 e. The smallest absolute Gasteiger partial charge is 0.250 e. The number of rotatable bonds is 4. The van der Waals surface area contributed by atoms with Gasteiger partial charge in [0, 0.05) is 25.7 Å². The zero-order valence-corrected chi connectivity index (χ0v) is 12.9. The maximum atomic E-state index is 12.2. The van der Waals surface area contributed by atoms with Crippen molar-refractivity contribution in [1.29, 1.82) is 0 Å². The number of carbonyl (C=O) groups is 1.